The normalized spacial score (nSPS) is 19.7. The average molecular weight is 383 g/mol. The van der Waals surface area contributed by atoms with Crippen LogP contribution in [0.4, 0.5) is 13.2 Å². The van der Waals surface area contributed by atoms with Crippen LogP contribution < -0.4 is 0 Å². The molecular weight excluding hydrogens is 363 g/mol. The minimum Gasteiger partial charge on any atom is -0.339 e. The van der Waals surface area contributed by atoms with Crippen molar-refractivity contribution in [1.82, 2.24) is 14.7 Å². The Balaban J connectivity index is 1.87. The molecule has 3 rings (SSSR count). The highest BCUT2D eigenvalue weighted by atomic mass is 19.4. The molecular formula is C18H20F3N3O3. The van der Waals surface area contributed by atoms with E-state index in [1.165, 1.54) is 26.8 Å². The van der Waals surface area contributed by atoms with Crippen molar-refractivity contribution >= 4 is 18.2 Å². The lowest BCUT2D eigenvalue weighted by Gasteiger charge is -2.57. The van der Waals surface area contributed by atoms with Crippen molar-refractivity contribution in [2.45, 2.75) is 38.1 Å². The lowest BCUT2D eigenvalue weighted by atomic mass is 9.83. The summed E-state index contributed by atoms with van der Waals surface area (Å²) in [6, 6.07) is 4.35. The quantitative estimate of drug-likeness (QED) is 0.741. The smallest absolute Gasteiger partial charge is 0.339 e. The summed E-state index contributed by atoms with van der Waals surface area (Å²) in [7, 11) is 0. The van der Waals surface area contributed by atoms with Gasteiger partial charge in [0.1, 0.15) is 6.54 Å². The number of benzene rings is 1. The van der Waals surface area contributed by atoms with Crippen LogP contribution in [0, 0.1) is 0 Å². The summed E-state index contributed by atoms with van der Waals surface area (Å²) in [5.41, 5.74) is -1.43. The molecule has 2 aliphatic rings. The van der Waals surface area contributed by atoms with Gasteiger partial charge in [-0.25, -0.2) is 0 Å². The average Bonchev–Trinajstić information content (AvgIpc) is 2.56. The van der Waals surface area contributed by atoms with E-state index in [9.17, 15) is 27.6 Å². The van der Waals surface area contributed by atoms with Gasteiger partial charge in [0.25, 0.3) is 5.91 Å². The van der Waals surface area contributed by atoms with Gasteiger partial charge >= 0.3 is 6.18 Å². The highest BCUT2D eigenvalue weighted by Crippen LogP contribution is 2.35. The molecule has 3 amide bonds. The van der Waals surface area contributed by atoms with E-state index < -0.39 is 17.3 Å². The Morgan fingerprint density at radius 1 is 1.15 bits per heavy atom. The molecule has 0 atom stereocenters. The molecule has 9 heteroatoms. The number of amides is 3. The Labute approximate surface area is 154 Å². The van der Waals surface area contributed by atoms with Gasteiger partial charge in [-0.1, -0.05) is 12.1 Å². The number of piperazine rings is 1. The number of alkyl halides is 3. The van der Waals surface area contributed by atoms with Gasteiger partial charge < -0.3 is 14.7 Å². The van der Waals surface area contributed by atoms with Crippen LogP contribution in [0.25, 0.3) is 0 Å². The molecule has 2 heterocycles. The zero-order valence-electron chi connectivity index (χ0n) is 15.0. The van der Waals surface area contributed by atoms with Gasteiger partial charge in [0, 0.05) is 12.6 Å². The number of halogens is 3. The van der Waals surface area contributed by atoms with Crippen LogP contribution in [0.2, 0.25) is 0 Å². The van der Waals surface area contributed by atoms with E-state index in [4.69, 9.17) is 0 Å². The fourth-order valence-electron chi connectivity index (χ4n) is 3.57. The van der Waals surface area contributed by atoms with E-state index in [-0.39, 0.29) is 44.0 Å². The number of rotatable bonds is 4. The fourth-order valence-corrected chi connectivity index (χ4v) is 3.57. The van der Waals surface area contributed by atoms with Crippen molar-refractivity contribution < 1.29 is 27.6 Å². The van der Waals surface area contributed by atoms with Crippen molar-refractivity contribution in [3.05, 3.63) is 35.4 Å². The molecule has 2 saturated heterocycles. The first-order chi connectivity index (χ1) is 12.6. The topological polar surface area (TPSA) is 60.9 Å². The largest absolute Gasteiger partial charge is 0.416 e. The molecule has 2 fully saturated rings. The van der Waals surface area contributed by atoms with Gasteiger partial charge in [-0.15, -0.1) is 0 Å². The number of likely N-dealkylation sites (tertiary alicyclic amines) is 1. The Bertz CT molecular complexity index is 755. The first-order valence-electron chi connectivity index (χ1n) is 8.55. The molecule has 0 radical (unpaired) electrons. The molecule has 0 N–H and O–H groups in total. The van der Waals surface area contributed by atoms with E-state index in [0.29, 0.717) is 12.0 Å². The first-order valence-corrected chi connectivity index (χ1v) is 8.55. The van der Waals surface area contributed by atoms with Crippen LogP contribution in [0.3, 0.4) is 0 Å². The van der Waals surface area contributed by atoms with Gasteiger partial charge in [0.15, 0.2) is 5.54 Å². The Morgan fingerprint density at radius 2 is 1.74 bits per heavy atom. The van der Waals surface area contributed by atoms with Gasteiger partial charge in [-0.2, -0.15) is 13.2 Å². The van der Waals surface area contributed by atoms with E-state index in [1.807, 2.05) is 0 Å². The summed E-state index contributed by atoms with van der Waals surface area (Å²) < 4.78 is 38.2. The fraction of sp³-hybridized carbons (Fsp3) is 0.500. The predicted octanol–water partition coefficient (Wildman–Crippen LogP) is 1.50. The van der Waals surface area contributed by atoms with Gasteiger partial charge in [-0.05, 0) is 31.5 Å². The minimum atomic E-state index is -4.44. The van der Waals surface area contributed by atoms with E-state index in [0.717, 1.165) is 12.1 Å². The number of hydrogen-bond acceptors (Lipinski definition) is 3. The van der Waals surface area contributed by atoms with Crippen molar-refractivity contribution in [2.24, 2.45) is 0 Å². The molecule has 0 aromatic heterocycles. The van der Waals surface area contributed by atoms with Crippen LogP contribution in [0.5, 0.6) is 0 Å². The van der Waals surface area contributed by atoms with Gasteiger partial charge in [0.2, 0.25) is 12.3 Å². The summed E-state index contributed by atoms with van der Waals surface area (Å²) in [4.78, 5) is 41.0. The highest BCUT2D eigenvalue weighted by Gasteiger charge is 2.59. The molecule has 0 bridgehead atoms. The van der Waals surface area contributed by atoms with Crippen molar-refractivity contribution in [2.75, 3.05) is 19.6 Å². The zero-order chi connectivity index (χ0) is 20.0. The maximum absolute atomic E-state index is 13.0. The minimum absolute atomic E-state index is 0.0152. The van der Waals surface area contributed by atoms with E-state index >= 15 is 0 Å². The third-order valence-electron chi connectivity index (χ3n) is 5.11. The highest BCUT2D eigenvalue weighted by molar-refractivity contribution is 6.00. The number of carbonyl (C=O) groups is 3. The van der Waals surface area contributed by atoms with Crippen LogP contribution in [0.15, 0.2) is 24.3 Å². The maximum Gasteiger partial charge on any atom is 0.416 e. The number of nitrogens with zero attached hydrogens (tertiary/aromatic N) is 3. The SMILES string of the molecule is CC(C)N1CC(=O)N(Cc2ccc(C(F)(F)F)cc2)C2(CN(C=O)C2)C1=O. The molecule has 6 nitrogen and oxygen atoms in total. The van der Waals surface area contributed by atoms with E-state index in [1.54, 1.807) is 13.8 Å². The monoisotopic (exact) mass is 383 g/mol. The second-order valence-corrected chi connectivity index (χ2v) is 7.24. The van der Waals surface area contributed by atoms with Gasteiger partial charge in [0.05, 0.1) is 18.7 Å². The van der Waals surface area contributed by atoms with Gasteiger partial charge in [-0.3, -0.25) is 14.4 Å². The van der Waals surface area contributed by atoms with Crippen molar-refractivity contribution in [3.63, 3.8) is 0 Å². The molecule has 1 aromatic carbocycles. The Morgan fingerprint density at radius 3 is 2.22 bits per heavy atom. The van der Waals surface area contributed by atoms with Crippen LogP contribution >= 0.6 is 0 Å². The summed E-state index contributed by atoms with van der Waals surface area (Å²) >= 11 is 0. The molecule has 2 aliphatic heterocycles. The second kappa shape index (κ2) is 6.54. The standard InChI is InChI=1S/C18H20F3N3O3/c1-12(2)23-8-15(26)24(17(16(23)27)9-22(10-17)11-25)7-13-3-5-14(6-4-13)18(19,20)21/h3-6,11-12H,7-10H2,1-2H3. The van der Waals surface area contributed by atoms with Crippen LogP contribution in [0.1, 0.15) is 25.0 Å². The lowest BCUT2D eigenvalue weighted by Crippen LogP contribution is -2.80. The summed E-state index contributed by atoms with van der Waals surface area (Å²) in [5.74, 6) is -0.518. The third kappa shape index (κ3) is 3.26. The number of carbonyl (C=O) groups excluding carboxylic acids is 3. The van der Waals surface area contributed by atoms with Crippen molar-refractivity contribution in [3.8, 4) is 0 Å². The zero-order valence-corrected chi connectivity index (χ0v) is 15.0. The second-order valence-electron chi connectivity index (χ2n) is 7.24. The van der Waals surface area contributed by atoms with E-state index in [2.05, 4.69) is 0 Å². The molecule has 0 aliphatic carbocycles. The first kappa shape index (κ1) is 19.2. The van der Waals surface area contributed by atoms with Crippen molar-refractivity contribution in [1.29, 1.82) is 0 Å². The lowest BCUT2D eigenvalue weighted by molar-refractivity contribution is -0.181. The Hall–Kier alpha value is -2.58. The molecule has 146 valence electrons. The molecule has 0 saturated carbocycles. The summed E-state index contributed by atoms with van der Waals surface area (Å²) in [5, 5.41) is 0. The number of hydrogen-bond donors (Lipinski definition) is 0. The molecule has 0 unspecified atom stereocenters. The summed E-state index contributed by atoms with van der Waals surface area (Å²) in [6.07, 6.45) is -3.82. The van der Waals surface area contributed by atoms with Crippen LogP contribution in [-0.2, 0) is 27.1 Å². The summed E-state index contributed by atoms with van der Waals surface area (Å²) in [6.45, 7) is 3.72. The molecule has 1 spiro atoms. The third-order valence-corrected chi connectivity index (χ3v) is 5.11. The molecule has 27 heavy (non-hydrogen) atoms. The Kier molecular flexibility index (Phi) is 4.65. The maximum atomic E-state index is 13.0. The molecule has 1 aromatic rings. The van der Waals surface area contributed by atoms with Crippen LogP contribution in [-0.4, -0.2) is 64.1 Å². The predicted molar refractivity (Wildman–Crippen MR) is 89.2 cm³/mol.